The van der Waals surface area contributed by atoms with E-state index in [1.165, 1.54) is 30.9 Å². The highest BCUT2D eigenvalue weighted by atomic mass is 19.4. The maximum absolute atomic E-state index is 12.2. The van der Waals surface area contributed by atoms with Crippen LogP contribution in [0.2, 0.25) is 0 Å². The molecule has 0 saturated heterocycles. The number of alkyl halides is 3. The fourth-order valence-corrected chi connectivity index (χ4v) is 2.10. The van der Waals surface area contributed by atoms with Crippen LogP contribution in [-0.4, -0.2) is 31.7 Å². The van der Waals surface area contributed by atoms with Gasteiger partial charge in [0.25, 0.3) is 0 Å². The number of rotatable bonds is 4. The SMILES string of the molecule is N#CCC(=O)c1ccncc1.Nc1cc(-c2ccncc2)nn1CC(F)(F)F. The summed E-state index contributed by atoms with van der Waals surface area (Å²) in [6.45, 7) is -1.19. The van der Waals surface area contributed by atoms with Crippen LogP contribution < -0.4 is 5.73 Å². The van der Waals surface area contributed by atoms with Crippen molar-refractivity contribution in [3.63, 3.8) is 0 Å². The van der Waals surface area contributed by atoms with Crippen LogP contribution in [-0.2, 0) is 6.54 Å². The van der Waals surface area contributed by atoms with E-state index in [-0.39, 0.29) is 18.0 Å². The number of pyridine rings is 2. The molecule has 0 aromatic carbocycles. The molecule has 3 rings (SSSR count). The van der Waals surface area contributed by atoms with E-state index in [4.69, 9.17) is 11.0 Å². The maximum atomic E-state index is 12.2. The van der Waals surface area contributed by atoms with E-state index in [9.17, 15) is 18.0 Å². The second-order valence-corrected chi connectivity index (χ2v) is 5.46. The Kier molecular flexibility index (Phi) is 6.81. The van der Waals surface area contributed by atoms with Crippen LogP contribution in [0, 0.1) is 11.3 Å². The van der Waals surface area contributed by atoms with Gasteiger partial charge in [0.2, 0.25) is 0 Å². The molecule has 3 heterocycles. The van der Waals surface area contributed by atoms with Crippen LogP contribution in [0.1, 0.15) is 16.8 Å². The highest BCUT2D eigenvalue weighted by Crippen LogP contribution is 2.23. The fraction of sp³-hybridized carbons (Fsp3) is 0.167. The predicted octanol–water partition coefficient (Wildman–Crippen LogP) is 3.27. The molecule has 0 aliphatic heterocycles. The Hall–Kier alpha value is -3.74. The smallest absolute Gasteiger partial charge is 0.384 e. The number of halogens is 3. The van der Waals surface area contributed by atoms with Gasteiger partial charge < -0.3 is 5.73 Å². The first-order valence-corrected chi connectivity index (χ1v) is 7.91. The number of nitrogens with two attached hydrogens (primary N) is 1. The van der Waals surface area contributed by atoms with E-state index in [2.05, 4.69) is 15.1 Å². The molecule has 0 amide bonds. The first-order chi connectivity index (χ1) is 13.3. The second-order valence-electron chi connectivity index (χ2n) is 5.46. The number of aromatic nitrogens is 4. The number of carbonyl (C=O) groups is 1. The van der Waals surface area contributed by atoms with Crippen LogP contribution in [0.25, 0.3) is 11.3 Å². The minimum atomic E-state index is -4.34. The lowest BCUT2D eigenvalue weighted by molar-refractivity contribution is -0.142. The molecule has 0 spiro atoms. The molecule has 0 fully saturated rings. The van der Waals surface area contributed by atoms with Gasteiger partial charge in [-0.2, -0.15) is 23.5 Å². The topological polar surface area (TPSA) is 110 Å². The Labute approximate surface area is 158 Å². The van der Waals surface area contributed by atoms with Crippen molar-refractivity contribution in [2.24, 2.45) is 0 Å². The summed E-state index contributed by atoms with van der Waals surface area (Å²) in [5.41, 5.74) is 7.08. The molecule has 2 N–H and O–H groups in total. The minimum Gasteiger partial charge on any atom is -0.384 e. The van der Waals surface area contributed by atoms with Crippen molar-refractivity contribution in [3.05, 3.63) is 60.7 Å². The molecule has 0 saturated carbocycles. The third-order valence-electron chi connectivity index (χ3n) is 3.36. The second kappa shape index (κ2) is 9.27. The summed E-state index contributed by atoms with van der Waals surface area (Å²) in [7, 11) is 0. The van der Waals surface area contributed by atoms with Gasteiger partial charge in [-0.15, -0.1) is 0 Å². The van der Waals surface area contributed by atoms with Gasteiger partial charge in [0.15, 0.2) is 5.78 Å². The largest absolute Gasteiger partial charge is 0.408 e. The van der Waals surface area contributed by atoms with Crippen molar-refractivity contribution in [2.75, 3.05) is 5.73 Å². The lowest BCUT2D eigenvalue weighted by Gasteiger charge is -2.07. The van der Waals surface area contributed by atoms with Gasteiger partial charge in [0.1, 0.15) is 12.4 Å². The standard InChI is InChI=1S/C10H9F3N4.C8H6N2O/c11-10(12,13)6-17-9(14)5-8(16-17)7-1-3-15-4-2-7;9-4-1-8(11)7-2-5-10-6-3-7/h1-5H,6,14H2;2-3,5-6H,1H2. The summed E-state index contributed by atoms with van der Waals surface area (Å²) in [5, 5.41) is 12.0. The van der Waals surface area contributed by atoms with E-state index < -0.39 is 12.7 Å². The molecule has 3 aromatic heterocycles. The fourth-order valence-electron chi connectivity index (χ4n) is 2.10. The number of hydrogen-bond acceptors (Lipinski definition) is 6. The molecule has 0 aliphatic rings. The average molecular weight is 388 g/mol. The molecule has 144 valence electrons. The van der Waals surface area contributed by atoms with Crippen LogP contribution in [0.4, 0.5) is 19.0 Å². The Morgan fingerprint density at radius 2 is 1.68 bits per heavy atom. The summed E-state index contributed by atoms with van der Waals surface area (Å²) in [5.74, 6) is -0.177. The van der Waals surface area contributed by atoms with Crippen molar-refractivity contribution < 1.29 is 18.0 Å². The van der Waals surface area contributed by atoms with E-state index in [0.29, 0.717) is 16.8 Å². The molecule has 0 atom stereocenters. The summed E-state index contributed by atoms with van der Waals surface area (Å²) >= 11 is 0. The van der Waals surface area contributed by atoms with Crippen LogP contribution in [0.15, 0.2) is 55.1 Å². The lowest BCUT2D eigenvalue weighted by atomic mass is 10.1. The third kappa shape index (κ3) is 6.21. The highest BCUT2D eigenvalue weighted by Gasteiger charge is 2.29. The van der Waals surface area contributed by atoms with Crippen LogP contribution >= 0.6 is 0 Å². The average Bonchev–Trinajstić information content (AvgIpc) is 3.03. The van der Waals surface area contributed by atoms with Gasteiger partial charge in [-0.3, -0.25) is 14.8 Å². The van der Waals surface area contributed by atoms with Crippen molar-refractivity contribution >= 4 is 11.6 Å². The predicted molar refractivity (Wildman–Crippen MR) is 94.7 cm³/mol. The molecular formula is C18H15F3N6O. The van der Waals surface area contributed by atoms with E-state index >= 15 is 0 Å². The highest BCUT2D eigenvalue weighted by molar-refractivity contribution is 5.97. The van der Waals surface area contributed by atoms with Gasteiger partial charge in [0, 0.05) is 42.0 Å². The van der Waals surface area contributed by atoms with E-state index in [1.807, 2.05) is 0 Å². The minimum absolute atomic E-state index is 0.0193. The molecule has 0 aliphatic carbocycles. The molecule has 7 nitrogen and oxygen atoms in total. The molecule has 0 radical (unpaired) electrons. The molecule has 0 unspecified atom stereocenters. The van der Waals surface area contributed by atoms with Crippen LogP contribution in [0.3, 0.4) is 0 Å². The first-order valence-electron chi connectivity index (χ1n) is 7.91. The first kappa shape index (κ1) is 20.6. The molecule has 10 heteroatoms. The molecule has 3 aromatic rings. The number of nitrogen functional groups attached to an aromatic ring is 1. The van der Waals surface area contributed by atoms with Gasteiger partial charge >= 0.3 is 6.18 Å². The van der Waals surface area contributed by atoms with E-state index in [1.54, 1.807) is 30.3 Å². The number of ketones is 1. The number of hydrogen-bond donors (Lipinski definition) is 1. The zero-order valence-electron chi connectivity index (χ0n) is 14.5. The quantitative estimate of drug-likeness (QED) is 0.687. The molecular weight excluding hydrogens is 373 g/mol. The Bertz CT molecular complexity index is 949. The number of nitriles is 1. The zero-order chi connectivity index (χ0) is 20.6. The molecule has 28 heavy (non-hydrogen) atoms. The Balaban J connectivity index is 0.000000221. The summed E-state index contributed by atoms with van der Waals surface area (Å²) in [6, 6.07) is 9.70. The van der Waals surface area contributed by atoms with E-state index in [0.717, 1.165) is 4.68 Å². The molecule has 0 bridgehead atoms. The van der Waals surface area contributed by atoms with Gasteiger partial charge in [-0.25, -0.2) is 4.68 Å². The van der Waals surface area contributed by atoms with Crippen LogP contribution in [0.5, 0.6) is 0 Å². The summed E-state index contributed by atoms with van der Waals surface area (Å²) in [4.78, 5) is 18.6. The Morgan fingerprint density at radius 3 is 2.21 bits per heavy atom. The summed E-state index contributed by atoms with van der Waals surface area (Å²) in [6.07, 6.45) is 1.73. The van der Waals surface area contributed by atoms with Crippen molar-refractivity contribution in [1.29, 1.82) is 5.26 Å². The number of nitrogens with zero attached hydrogens (tertiary/aromatic N) is 5. The van der Waals surface area contributed by atoms with Crippen molar-refractivity contribution in [1.82, 2.24) is 19.7 Å². The number of anilines is 1. The third-order valence-corrected chi connectivity index (χ3v) is 3.36. The lowest BCUT2D eigenvalue weighted by Crippen LogP contribution is -2.19. The number of Topliss-reactive ketones (excluding diaryl/α,β-unsaturated/α-hetero) is 1. The zero-order valence-corrected chi connectivity index (χ0v) is 14.5. The maximum Gasteiger partial charge on any atom is 0.408 e. The number of carbonyl (C=O) groups excluding carboxylic acids is 1. The van der Waals surface area contributed by atoms with Crippen molar-refractivity contribution in [2.45, 2.75) is 19.1 Å². The van der Waals surface area contributed by atoms with Gasteiger partial charge in [-0.1, -0.05) is 0 Å². The van der Waals surface area contributed by atoms with Gasteiger partial charge in [0.05, 0.1) is 18.2 Å². The normalized spacial score (nSPS) is 10.5. The monoisotopic (exact) mass is 388 g/mol. The Morgan fingerprint density at radius 1 is 1.11 bits per heavy atom. The van der Waals surface area contributed by atoms with Gasteiger partial charge in [-0.05, 0) is 24.3 Å². The van der Waals surface area contributed by atoms with Crippen molar-refractivity contribution in [3.8, 4) is 17.3 Å². The summed E-state index contributed by atoms with van der Waals surface area (Å²) < 4.78 is 37.4.